The van der Waals surface area contributed by atoms with Crippen molar-refractivity contribution in [1.29, 1.82) is 0 Å². The molecule has 0 radical (unpaired) electrons. The molecule has 0 aliphatic carbocycles. The van der Waals surface area contributed by atoms with Crippen molar-refractivity contribution in [3.8, 4) is 5.75 Å². The highest BCUT2D eigenvalue weighted by Crippen LogP contribution is 2.12. The number of hydrogen-bond acceptors (Lipinski definition) is 1. The van der Waals surface area contributed by atoms with E-state index in [4.69, 9.17) is 0 Å². The topological polar surface area (TPSA) is 20.2 Å². The zero-order valence-electron chi connectivity index (χ0n) is 13.9. The molecule has 0 aliphatic heterocycles. The van der Waals surface area contributed by atoms with Crippen molar-refractivity contribution in [2.45, 2.75) is 58.3 Å². The molecule has 0 atom stereocenters. The molecule has 0 aliphatic rings. The van der Waals surface area contributed by atoms with Gasteiger partial charge in [0.2, 0.25) is 0 Å². The molecular weight excluding hydrogens is 268 g/mol. The van der Waals surface area contributed by atoms with E-state index in [1.165, 1.54) is 51.4 Å². The van der Waals surface area contributed by atoms with Gasteiger partial charge in [-0.2, -0.15) is 0 Å². The average molecular weight is 298 g/mol. The zero-order chi connectivity index (χ0) is 15.9. The Hall–Kier alpha value is -1.76. The Labute approximate surface area is 136 Å². The van der Waals surface area contributed by atoms with Gasteiger partial charge in [0.05, 0.1) is 0 Å². The minimum atomic E-state index is 0.306. The van der Waals surface area contributed by atoms with Crippen LogP contribution >= 0.6 is 0 Å². The van der Waals surface area contributed by atoms with E-state index in [0.717, 1.165) is 5.56 Å². The molecule has 0 fully saturated rings. The summed E-state index contributed by atoms with van der Waals surface area (Å²) in [5.41, 5.74) is 1.01. The van der Waals surface area contributed by atoms with Crippen LogP contribution in [-0.2, 0) is 0 Å². The molecule has 1 aromatic carbocycles. The van der Waals surface area contributed by atoms with E-state index in [0.29, 0.717) is 5.75 Å². The summed E-state index contributed by atoms with van der Waals surface area (Å²) in [6, 6.07) is 7.25. The first-order valence-electron chi connectivity index (χ1n) is 8.62. The van der Waals surface area contributed by atoms with Gasteiger partial charge in [0, 0.05) is 0 Å². The molecule has 0 aromatic heterocycles. The summed E-state index contributed by atoms with van der Waals surface area (Å²) in [5.74, 6) is 0.306. The first-order chi connectivity index (χ1) is 10.8. The fraction of sp³-hybridized carbons (Fsp3) is 0.429. The van der Waals surface area contributed by atoms with Crippen LogP contribution in [0.15, 0.2) is 54.6 Å². The number of aromatic hydroxyl groups is 1. The third-order valence-corrected chi connectivity index (χ3v) is 3.60. The van der Waals surface area contributed by atoms with Crippen molar-refractivity contribution in [3.63, 3.8) is 0 Å². The van der Waals surface area contributed by atoms with Gasteiger partial charge in [0.1, 0.15) is 5.75 Å². The lowest BCUT2D eigenvalue weighted by Gasteiger charge is -1.98. The Morgan fingerprint density at radius 3 is 2.36 bits per heavy atom. The fourth-order valence-electron chi connectivity index (χ4n) is 2.32. The molecule has 0 saturated heterocycles. The largest absolute Gasteiger partial charge is 0.508 e. The Morgan fingerprint density at radius 1 is 0.864 bits per heavy atom. The molecule has 1 heteroatoms. The van der Waals surface area contributed by atoms with Gasteiger partial charge in [0.25, 0.3) is 0 Å². The molecule has 1 aromatic rings. The van der Waals surface area contributed by atoms with Gasteiger partial charge < -0.3 is 5.11 Å². The van der Waals surface area contributed by atoms with Crippen LogP contribution in [0.5, 0.6) is 5.75 Å². The number of allylic oxidation sites excluding steroid dienone is 5. The number of rotatable bonds is 11. The number of phenols is 1. The maximum atomic E-state index is 9.35. The van der Waals surface area contributed by atoms with Crippen molar-refractivity contribution in [3.05, 3.63) is 60.2 Å². The third kappa shape index (κ3) is 10.0. The molecule has 1 rings (SSSR count). The molecule has 0 bridgehead atoms. The van der Waals surface area contributed by atoms with Gasteiger partial charge >= 0.3 is 0 Å². The van der Waals surface area contributed by atoms with Gasteiger partial charge in [-0.3, -0.25) is 0 Å². The van der Waals surface area contributed by atoms with Gasteiger partial charge in [0.15, 0.2) is 0 Å². The van der Waals surface area contributed by atoms with Crippen LogP contribution in [0.1, 0.15) is 63.9 Å². The SMILES string of the molecule is CCCCCCCCCC=CC=CC=Cc1cccc(O)c1. The average Bonchev–Trinajstić information content (AvgIpc) is 2.52. The van der Waals surface area contributed by atoms with Gasteiger partial charge in [-0.05, 0) is 30.5 Å². The summed E-state index contributed by atoms with van der Waals surface area (Å²) in [7, 11) is 0. The second-order valence-electron chi connectivity index (χ2n) is 5.68. The van der Waals surface area contributed by atoms with E-state index >= 15 is 0 Å². The summed E-state index contributed by atoms with van der Waals surface area (Å²) < 4.78 is 0. The standard InChI is InChI=1S/C21H30O/c1-2-3-4-5-6-7-8-9-10-11-12-13-14-16-20-17-15-18-21(22)19-20/h10-19,22H,2-9H2,1H3. The molecule has 120 valence electrons. The van der Waals surface area contributed by atoms with E-state index in [1.54, 1.807) is 12.1 Å². The predicted molar refractivity (Wildman–Crippen MR) is 98.0 cm³/mol. The van der Waals surface area contributed by atoms with Crippen molar-refractivity contribution in [1.82, 2.24) is 0 Å². The van der Waals surface area contributed by atoms with Crippen molar-refractivity contribution in [2.24, 2.45) is 0 Å². The minimum absolute atomic E-state index is 0.306. The summed E-state index contributed by atoms with van der Waals surface area (Å²) in [4.78, 5) is 0. The van der Waals surface area contributed by atoms with E-state index < -0.39 is 0 Å². The lowest BCUT2D eigenvalue weighted by molar-refractivity contribution is 0.475. The molecule has 0 heterocycles. The smallest absolute Gasteiger partial charge is 0.116 e. The molecule has 0 unspecified atom stereocenters. The normalized spacial score (nSPS) is 12.0. The number of hydrogen-bond donors (Lipinski definition) is 1. The molecule has 0 saturated carbocycles. The summed E-state index contributed by atoms with van der Waals surface area (Å²) >= 11 is 0. The Kier molecular flexibility index (Phi) is 10.8. The fourth-order valence-corrected chi connectivity index (χ4v) is 2.32. The Morgan fingerprint density at radius 2 is 1.59 bits per heavy atom. The molecule has 1 N–H and O–H groups in total. The number of phenolic OH excluding ortho intramolecular Hbond substituents is 1. The number of unbranched alkanes of at least 4 members (excludes halogenated alkanes) is 7. The van der Waals surface area contributed by atoms with Gasteiger partial charge in [-0.1, -0.05) is 94.0 Å². The summed E-state index contributed by atoms with van der Waals surface area (Å²) in [6.45, 7) is 2.26. The maximum Gasteiger partial charge on any atom is 0.116 e. The van der Waals surface area contributed by atoms with E-state index in [2.05, 4.69) is 25.2 Å². The lowest BCUT2D eigenvalue weighted by Crippen LogP contribution is -1.78. The van der Waals surface area contributed by atoms with Crippen LogP contribution < -0.4 is 0 Å². The van der Waals surface area contributed by atoms with Crippen LogP contribution in [0.4, 0.5) is 0 Å². The molecular formula is C21H30O. The highest BCUT2D eigenvalue weighted by molar-refractivity contribution is 5.53. The highest BCUT2D eigenvalue weighted by Gasteiger charge is 1.89. The highest BCUT2D eigenvalue weighted by atomic mass is 16.3. The first-order valence-corrected chi connectivity index (χ1v) is 8.62. The van der Waals surface area contributed by atoms with Crippen LogP contribution in [0, 0.1) is 0 Å². The van der Waals surface area contributed by atoms with Crippen LogP contribution in [0.25, 0.3) is 6.08 Å². The van der Waals surface area contributed by atoms with E-state index in [9.17, 15) is 5.11 Å². The van der Waals surface area contributed by atoms with E-state index in [1.807, 2.05) is 30.4 Å². The minimum Gasteiger partial charge on any atom is -0.508 e. The summed E-state index contributed by atoms with van der Waals surface area (Å²) in [5, 5.41) is 9.35. The van der Waals surface area contributed by atoms with Crippen LogP contribution in [0.2, 0.25) is 0 Å². The molecule has 0 amide bonds. The Bertz CT molecular complexity index is 469. The number of benzene rings is 1. The van der Waals surface area contributed by atoms with Crippen molar-refractivity contribution < 1.29 is 5.11 Å². The maximum absolute atomic E-state index is 9.35. The van der Waals surface area contributed by atoms with Gasteiger partial charge in [-0.15, -0.1) is 0 Å². The molecule has 1 nitrogen and oxygen atoms in total. The van der Waals surface area contributed by atoms with Crippen LogP contribution in [0.3, 0.4) is 0 Å². The zero-order valence-corrected chi connectivity index (χ0v) is 13.9. The first kappa shape index (κ1) is 18.3. The molecule has 0 spiro atoms. The third-order valence-electron chi connectivity index (χ3n) is 3.60. The quantitative estimate of drug-likeness (QED) is 0.358. The molecule has 22 heavy (non-hydrogen) atoms. The lowest BCUT2D eigenvalue weighted by atomic mass is 10.1. The van der Waals surface area contributed by atoms with Crippen molar-refractivity contribution >= 4 is 6.08 Å². The predicted octanol–water partition coefficient (Wildman–Crippen LogP) is 6.66. The van der Waals surface area contributed by atoms with Crippen LogP contribution in [-0.4, -0.2) is 5.11 Å². The second-order valence-corrected chi connectivity index (χ2v) is 5.68. The second kappa shape index (κ2) is 12.9. The van der Waals surface area contributed by atoms with E-state index in [-0.39, 0.29) is 0 Å². The van der Waals surface area contributed by atoms with Crippen molar-refractivity contribution in [2.75, 3.05) is 0 Å². The summed E-state index contributed by atoms with van der Waals surface area (Å²) in [6.07, 6.45) is 23.1. The van der Waals surface area contributed by atoms with Gasteiger partial charge in [-0.25, -0.2) is 0 Å². The monoisotopic (exact) mass is 298 g/mol. The Balaban J connectivity index is 2.05.